The fourth-order valence-corrected chi connectivity index (χ4v) is 3.40. The van der Waals surface area contributed by atoms with Crippen molar-refractivity contribution in [2.75, 3.05) is 19.6 Å². The largest absolute Gasteiger partial charge is 0.313 e. The number of sulfonamides is 1. The molecule has 1 N–H and O–H groups in total. The molecule has 1 aromatic heterocycles. The van der Waals surface area contributed by atoms with Crippen molar-refractivity contribution >= 4 is 10.0 Å². The third-order valence-electron chi connectivity index (χ3n) is 2.90. The van der Waals surface area contributed by atoms with Crippen LogP contribution >= 0.6 is 0 Å². The number of aromatic nitrogens is 1. The summed E-state index contributed by atoms with van der Waals surface area (Å²) in [6, 6.07) is 3.40. The molecule has 0 aliphatic heterocycles. The van der Waals surface area contributed by atoms with Crippen LogP contribution < -0.4 is 5.32 Å². The Hall–Kier alpha value is -0.980. The van der Waals surface area contributed by atoms with E-state index in [9.17, 15) is 8.42 Å². The minimum atomic E-state index is -3.48. The average Bonchev–Trinajstić information content (AvgIpc) is 2.42. The Morgan fingerprint density at radius 3 is 2.45 bits per heavy atom. The molecule has 6 heteroatoms. The molecule has 0 saturated carbocycles. The minimum absolute atomic E-state index is 0.125. The van der Waals surface area contributed by atoms with Gasteiger partial charge in [-0.1, -0.05) is 33.8 Å². The van der Waals surface area contributed by atoms with Crippen LogP contribution in [0.15, 0.2) is 23.4 Å². The van der Waals surface area contributed by atoms with Gasteiger partial charge in [-0.2, -0.15) is 4.31 Å². The summed E-state index contributed by atoms with van der Waals surface area (Å²) in [5, 5.41) is 3.31. The van der Waals surface area contributed by atoms with Gasteiger partial charge < -0.3 is 5.32 Å². The monoisotopic (exact) mass is 299 g/mol. The van der Waals surface area contributed by atoms with Crippen LogP contribution in [0.3, 0.4) is 0 Å². The summed E-state index contributed by atoms with van der Waals surface area (Å²) in [6.07, 6.45) is 1.62. The maximum absolute atomic E-state index is 12.5. The lowest BCUT2D eigenvalue weighted by Crippen LogP contribution is -2.34. The highest BCUT2D eigenvalue weighted by atomic mass is 32.2. The van der Waals surface area contributed by atoms with Crippen molar-refractivity contribution in [3.8, 4) is 0 Å². The molecule has 0 saturated heterocycles. The van der Waals surface area contributed by atoms with Gasteiger partial charge in [-0.3, -0.25) is 0 Å². The van der Waals surface area contributed by atoms with E-state index in [1.165, 1.54) is 4.31 Å². The van der Waals surface area contributed by atoms with E-state index in [1.54, 1.807) is 12.3 Å². The predicted molar refractivity (Wildman–Crippen MR) is 80.9 cm³/mol. The molecule has 114 valence electrons. The van der Waals surface area contributed by atoms with Crippen molar-refractivity contribution in [1.29, 1.82) is 0 Å². The van der Waals surface area contributed by atoms with Gasteiger partial charge >= 0.3 is 0 Å². The highest BCUT2D eigenvalue weighted by Crippen LogP contribution is 2.15. The summed E-state index contributed by atoms with van der Waals surface area (Å²) in [6.45, 7) is 10.4. The molecule has 1 heterocycles. The van der Waals surface area contributed by atoms with Gasteiger partial charge in [0.2, 0.25) is 0 Å². The summed E-state index contributed by atoms with van der Waals surface area (Å²) in [5.74, 6) is 0.290. The van der Waals surface area contributed by atoms with Gasteiger partial charge in [0.05, 0.1) is 0 Å². The maximum atomic E-state index is 12.5. The third-order valence-corrected chi connectivity index (χ3v) is 4.76. The van der Waals surface area contributed by atoms with Gasteiger partial charge in [-0.25, -0.2) is 13.4 Å². The number of hydrogen-bond donors (Lipinski definition) is 1. The molecule has 0 aromatic carbocycles. The molecule has 5 nitrogen and oxygen atoms in total. The number of rotatable bonds is 8. The van der Waals surface area contributed by atoms with Crippen molar-refractivity contribution in [2.45, 2.75) is 39.3 Å². The van der Waals surface area contributed by atoms with Crippen LogP contribution in [0.1, 0.15) is 33.3 Å². The number of nitrogens with one attached hydrogen (secondary N) is 1. The second kappa shape index (κ2) is 7.71. The van der Waals surface area contributed by atoms with Gasteiger partial charge in [-0.05, 0) is 24.1 Å². The normalized spacial score (nSPS) is 12.3. The molecule has 0 radical (unpaired) electrons. The van der Waals surface area contributed by atoms with Gasteiger partial charge in [0.15, 0.2) is 5.03 Å². The molecule has 0 aliphatic carbocycles. The zero-order valence-electron chi connectivity index (χ0n) is 12.8. The minimum Gasteiger partial charge on any atom is -0.313 e. The molecule has 0 atom stereocenters. The van der Waals surface area contributed by atoms with Crippen LogP contribution in [0.25, 0.3) is 0 Å². The van der Waals surface area contributed by atoms with Crippen LogP contribution in [0.2, 0.25) is 0 Å². The second-order valence-corrected chi connectivity index (χ2v) is 7.02. The first-order valence-electron chi connectivity index (χ1n) is 7.07. The SMILES string of the molecule is CCNCc1ccc(S(=O)(=O)N(CC)CC(C)C)nc1. The number of hydrogen-bond acceptors (Lipinski definition) is 4. The predicted octanol–water partition coefficient (Wildman–Crippen LogP) is 1.86. The van der Waals surface area contributed by atoms with Gasteiger partial charge in [0.1, 0.15) is 0 Å². The van der Waals surface area contributed by atoms with Gasteiger partial charge in [0.25, 0.3) is 10.0 Å². The van der Waals surface area contributed by atoms with E-state index >= 15 is 0 Å². The fourth-order valence-electron chi connectivity index (χ4n) is 1.87. The Bertz CT molecular complexity index is 498. The molecule has 0 amide bonds. The first-order valence-corrected chi connectivity index (χ1v) is 8.51. The van der Waals surface area contributed by atoms with Crippen molar-refractivity contribution < 1.29 is 8.42 Å². The molecule has 20 heavy (non-hydrogen) atoms. The van der Waals surface area contributed by atoms with E-state index < -0.39 is 10.0 Å². The zero-order valence-corrected chi connectivity index (χ0v) is 13.6. The standard InChI is InChI=1S/C14H25N3O2S/c1-5-15-9-13-7-8-14(16-10-13)20(18,19)17(6-2)11-12(3)4/h7-8,10,12,15H,5-6,9,11H2,1-4H3. The lowest BCUT2D eigenvalue weighted by atomic mass is 10.2. The molecule has 1 rings (SSSR count). The highest BCUT2D eigenvalue weighted by Gasteiger charge is 2.24. The highest BCUT2D eigenvalue weighted by molar-refractivity contribution is 7.89. The molecular weight excluding hydrogens is 274 g/mol. The van der Waals surface area contributed by atoms with Crippen LogP contribution in [0.4, 0.5) is 0 Å². The van der Waals surface area contributed by atoms with Crippen molar-refractivity contribution in [1.82, 2.24) is 14.6 Å². The summed E-state index contributed by atoms with van der Waals surface area (Å²) < 4.78 is 26.4. The molecule has 0 fully saturated rings. The molecule has 0 aliphatic rings. The van der Waals surface area contributed by atoms with Crippen LogP contribution in [-0.4, -0.2) is 37.3 Å². The first kappa shape index (κ1) is 17.1. The first-order chi connectivity index (χ1) is 9.41. The van der Waals surface area contributed by atoms with Gasteiger partial charge in [-0.15, -0.1) is 0 Å². The fraction of sp³-hybridized carbons (Fsp3) is 0.643. The molecule has 0 unspecified atom stereocenters. The lowest BCUT2D eigenvalue weighted by Gasteiger charge is -2.21. The third kappa shape index (κ3) is 4.54. The Balaban J connectivity index is 2.91. The summed E-state index contributed by atoms with van der Waals surface area (Å²) in [7, 11) is -3.48. The lowest BCUT2D eigenvalue weighted by molar-refractivity contribution is 0.379. The van der Waals surface area contributed by atoms with E-state index in [4.69, 9.17) is 0 Å². The Morgan fingerprint density at radius 1 is 1.30 bits per heavy atom. The summed E-state index contributed by atoms with van der Waals surface area (Å²) in [4.78, 5) is 4.11. The quantitative estimate of drug-likeness (QED) is 0.796. The van der Waals surface area contributed by atoms with Crippen molar-refractivity contribution in [3.63, 3.8) is 0 Å². The second-order valence-electron chi connectivity index (χ2n) is 5.13. The smallest absolute Gasteiger partial charge is 0.260 e. The summed E-state index contributed by atoms with van der Waals surface area (Å²) >= 11 is 0. The Morgan fingerprint density at radius 2 is 2.00 bits per heavy atom. The van der Waals surface area contributed by atoms with E-state index in [0.717, 1.165) is 12.1 Å². The zero-order chi connectivity index (χ0) is 15.2. The van der Waals surface area contributed by atoms with Crippen LogP contribution in [0.5, 0.6) is 0 Å². The molecular formula is C14H25N3O2S. The van der Waals surface area contributed by atoms with Crippen LogP contribution in [0, 0.1) is 5.92 Å². The maximum Gasteiger partial charge on any atom is 0.260 e. The Kier molecular flexibility index (Phi) is 6.58. The number of nitrogens with zero attached hydrogens (tertiary/aromatic N) is 2. The molecule has 0 spiro atoms. The van der Waals surface area contributed by atoms with Crippen molar-refractivity contribution in [2.24, 2.45) is 5.92 Å². The summed E-state index contributed by atoms with van der Waals surface area (Å²) in [5.41, 5.74) is 0.984. The van der Waals surface area contributed by atoms with Crippen molar-refractivity contribution in [3.05, 3.63) is 23.9 Å². The topological polar surface area (TPSA) is 62.3 Å². The number of pyridine rings is 1. The average molecular weight is 299 g/mol. The Labute approximate surface area is 122 Å². The molecule has 1 aromatic rings. The van der Waals surface area contributed by atoms with Gasteiger partial charge in [0, 0.05) is 25.8 Å². The molecule has 0 bridgehead atoms. The van der Waals surface area contributed by atoms with E-state index in [1.807, 2.05) is 33.8 Å². The van der Waals surface area contributed by atoms with E-state index in [-0.39, 0.29) is 10.9 Å². The van der Waals surface area contributed by atoms with E-state index in [0.29, 0.717) is 19.6 Å². The van der Waals surface area contributed by atoms with Crippen LogP contribution in [-0.2, 0) is 16.6 Å². The van der Waals surface area contributed by atoms with E-state index in [2.05, 4.69) is 10.3 Å².